The first-order chi connectivity index (χ1) is 8.31. The number of hydrogen-bond donors (Lipinski definition) is 1. The van der Waals surface area contributed by atoms with Crippen LogP contribution in [0.25, 0.3) is 0 Å². The summed E-state index contributed by atoms with van der Waals surface area (Å²) in [7, 11) is 0. The van der Waals surface area contributed by atoms with Crippen molar-refractivity contribution in [3.63, 3.8) is 0 Å². The Morgan fingerprint density at radius 2 is 1.88 bits per heavy atom. The summed E-state index contributed by atoms with van der Waals surface area (Å²) in [5.41, 5.74) is 7.28. The Labute approximate surface area is 106 Å². The molecule has 17 heavy (non-hydrogen) atoms. The van der Waals surface area contributed by atoms with E-state index in [0.717, 1.165) is 19.6 Å². The summed E-state index contributed by atoms with van der Waals surface area (Å²) in [6.07, 6.45) is 2.54. The minimum absolute atomic E-state index is 0.466. The standard InChI is InChI=1S/C15H26N2/c1-3-5-11-17(4-2)13-15(12-16)14-9-7-6-8-10-14/h6-10,15H,3-5,11-13,16H2,1-2H3. The van der Waals surface area contributed by atoms with E-state index in [9.17, 15) is 0 Å². The molecule has 2 nitrogen and oxygen atoms in total. The predicted octanol–water partition coefficient (Wildman–Crippen LogP) is 2.85. The summed E-state index contributed by atoms with van der Waals surface area (Å²) in [6, 6.07) is 10.6. The summed E-state index contributed by atoms with van der Waals surface area (Å²) in [5.74, 6) is 0.466. The molecule has 0 spiro atoms. The van der Waals surface area contributed by atoms with Crippen molar-refractivity contribution in [1.29, 1.82) is 0 Å². The molecule has 0 fully saturated rings. The minimum atomic E-state index is 0.466. The molecule has 1 unspecified atom stereocenters. The van der Waals surface area contributed by atoms with Gasteiger partial charge in [0.05, 0.1) is 0 Å². The van der Waals surface area contributed by atoms with Crippen LogP contribution in [0.15, 0.2) is 30.3 Å². The molecule has 0 aromatic heterocycles. The Kier molecular flexibility index (Phi) is 6.90. The molecule has 0 aliphatic carbocycles. The van der Waals surface area contributed by atoms with E-state index in [1.165, 1.54) is 24.9 Å². The average Bonchev–Trinajstić information content (AvgIpc) is 2.40. The van der Waals surface area contributed by atoms with Crippen LogP contribution < -0.4 is 5.73 Å². The van der Waals surface area contributed by atoms with Crippen LogP contribution in [0.5, 0.6) is 0 Å². The maximum Gasteiger partial charge on any atom is 0.00888 e. The first-order valence-corrected chi connectivity index (χ1v) is 6.79. The zero-order valence-corrected chi connectivity index (χ0v) is 11.2. The summed E-state index contributed by atoms with van der Waals surface area (Å²) >= 11 is 0. The first kappa shape index (κ1) is 14.2. The van der Waals surface area contributed by atoms with Gasteiger partial charge >= 0.3 is 0 Å². The van der Waals surface area contributed by atoms with E-state index in [0.29, 0.717) is 5.92 Å². The van der Waals surface area contributed by atoms with Crippen LogP contribution in [0.4, 0.5) is 0 Å². The summed E-state index contributed by atoms with van der Waals surface area (Å²) in [4.78, 5) is 2.51. The third-order valence-electron chi connectivity index (χ3n) is 3.31. The number of likely N-dealkylation sites (N-methyl/N-ethyl adjacent to an activating group) is 1. The van der Waals surface area contributed by atoms with Crippen molar-refractivity contribution in [2.24, 2.45) is 5.73 Å². The Morgan fingerprint density at radius 1 is 1.18 bits per heavy atom. The molecule has 2 N–H and O–H groups in total. The van der Waals surface area contributed by atoms with Crippen molar-refractivity contribution in [3.8, 4) is 0 Å². The SMILES string of the molecule is CCCCN(CC)CC(CN)c1ccccc1. The smallest absolute Gasteiger partial charge is 0.00888 e. The molecule has 0 amide bonds. The van der Waals surface area contributed by atoms with Crippen LogP contribution in [0.3, 0.4) is 0 Å². The molecule has 0 aliphatic heterocycles. The van der Waals surface area contributed by atoms with Gasteiger partial charge in [-0.3, -0.25) is 0 Å². The van der Waals surface area contributed by atoms with Gasteiger partial charge in [-0.05, 0) is 25.1 Å². The molecule has 1 rings (SSSR count). The van der Waals surface area contributed by atoms with Gasteiger partial charge in [0, 0.05) is 19.0 Å². The Morgan fingerprint density at radius 3 is 2.41 bits per heavy atom. The van der Waals surface area contributed by atoms with Crippen molar-refractivity contribution in [2.75, 3.05) is 26.2 Å². The van der Waals surface area contributed by atoms with Gasteiger partial charge in [-0.15, -0.1) is 0 Å². The van der Waals surface area contributed by atoms with Crippen LogP contribution >= 0.6 is 0 Å². The van der Waals surface area contributed by atoms with E-state index >= 15 is 0 Å². The highest BCUT2D eigenvalue weighted by molar-refractivity contribution is 5.20. The third kappa shape index (κ3) is 4.88. The van der Waals surface area contributed by atoms with Gasteiger partial charge in [-0.2, -0.15) is 0 Å². The normalized spacial score (nSPS) is 12.9. The van der Waals surface area contributed by atoms with Crippen LogP contribution in [0.1, 0.15) is 38.2 Å². The maximum absolute atomic E-state index is 5.91. The molecular formula is C15H26N2. The zero-order valence-electron chi connectivity index (χ0n) is 11.2. The van der Waals surface area contributed by atoms with Crippen molar-refractivity contribution in [1.82, 2.24) is 4.90 Å². The predicted molar refractivity (Wildman–Crippen MR) is 75.3 cm³/mol. The number of nitrogens with two attached hydrogens (primary N) is 1. The van der Waals surface area contributed by atoms with E-state index in [1.807, 2.05) is 0 Å². The lowest BCUT2D eigenvalue weighted by Gasteiger charge is -2.25. The number of rotatable bonds is 8. The van der Waals surface area contributed by atoms with Gasteiger partial charge in [0.1, 0.15) is 0 Å². The number of hydrogen-bond acceptors (Lipinski definition) is 2. The second-order valence-corrected chi connectivity index (χ2v) is 4.59. The molecule has 0 heterocycles. The highest BCUT2D eigenvalue weighted by atomic mass is 15.1. The molecule has 1 aromatic carbocycles. The van der Waals surface area contributed by atoms with Crippen LogP contribution in [0, 0.1) is 0 Å². The zero-order chi connectivity index (χ0) is 12.5. The highest BCUT2D eigenvalue weighted by Gasteiger charge is 2.13. The largest absolute Gasteiger partial charge is 0.330 e. The first-order valence-electron chi connectivity index (χ1n) is 6.79. The topological polar surface area (TPSA) is 29.3 Å². The average molecular weight is 234 g/mol. The Bertz CT molecular complexity index is 284. The third-order valence-corrected chi connectivity index (χ3v) is 3.31. The monoisotopic (exact) mass is 234 g/mol. The van der Waals surface area contributed by atoms with E-state index in [1.54, 1.807) is 0 Å². The second-order valence-electron chi connectivity index (χ2n) is 4.59. The van der Waals surface area contributed by atoms with Crippen LogP contribution in [0.2, 0.25) is 0 Å². The van der Waals surface area contributed by atoms with E-state index in [2.05, 4.69) is 49.1 Å². The fraction of sp³-hybridized carbons (Fsp3) is 0.600. The number of nitrogens with zero attached hydrogens (tertiary/aromatic N) is 1. The van der Waals surface area contributed by atoms with E-state index in [4.69, 9.17) is 5.73 Å². The maximum atomic E-state index is 5.91. The van der Waals surface area contributed by atoms with Crippen LogP contribution in [-0.4, -0.2) is 31.1 Å². The summed E-state index contributed by atoms with van der Waals surface area (Å²) in [5, 5.41) is 0. The molecule has 0 aliphatic rings. The van der Waals surface area contributed by atoms with Crippen LogP contribution in [-0.2, 0) is 0 Å². The molecule has 0 saturated heterocycles. The minimum Gasteiger partial charge on any atom is -0.330 e. The van der Waals surface area contributed by atoms with Gasteiger partial charge < -0.3 is 10.6 Å². The van der Waals surface area contributed by atoms with Crippen molar-refractivity contribution >= 4 is 0 Å². The molecule has 2 heteroatoms. The molecule has 1 aromatic rings. The lowest BCUT2D eigenvalue weighted by molar-refractivity contribution is 0.266. The van der Waals surface area contributed by atoms with Crippen molar-refractivity contribution < 1.29 is 0 Å². The van der Waals surface area contributed by atoms with Gasteiger partial charge in [0.25, 0.3) is 0 Å². The summed E-state index contributed by atoms with van der Waals surface area (Å²) in [6.45, 7) is 8.59. The van der Waals surface area contributed by atoms with Crippen molar-refractivity contribution in [2.45, 2.75) is 32.6 Å². The second kappa shape index (κ2) is 8.26. The Hall–Kier alpha value is -0.860. The fourth-order valence-corrected chi connectivity index (χ4v) is 2.11. The van der Waals surface area contributed by atoms with Crippen molar-refractivity contribution in [3.05, 3.63) is 35.9 Å². The highest BCUT2D eigenvalue weighted by Crippen LogP contribution is 2.15. The molecule has 0 bridgehead atoms. The number of benzene rings is 1. The van der Waals surface area contributed by atoms with Gasteiger partial charge in [0.2, 0.25) is 0 Å². The lowest BCUT2D eigenvalue weighted by atomic mass is 9.98. The molecular weight excluding hydrogens is 208 g/mol. The summed E-state index contributed by atoms with van der Waals surface area (Å²) < 4.78 is 0. The van der Waals surface area contributed by atoms with Gasteiger partial charge in [-0.25, -0.2) is 0 Å². The van der Waals surface area contributed by atoms with Gasteiger partial charge in [0.15, 0.2) is 0 Å². The fourth-order valence-electron chi connectivity index (χ4n) is 2.11. The molecule has 0 saturated carbocycles. The molecule has 96 valence electrons. The van der Waals surface area contributed by atoms with E-state index < -0.39 is 0 Å². The number of unbranched alkanes of at least 4 members (excludes halogenated alkanes) is 1. The molecule has 1 atom stereocenters. The molecule has 0 radical (unpaired) electrons. The van der Waals surface area contributed by atoms with E-state index in [-0.39, 0.29) is 0 Å². The quantitative estimate of drug-likeness (QED) is 0.749. The lowest BCUT2D eigenvalue weighted by Crippen LogP contribution is -2.32. The Balaban J connectivity index is 2.56. The van der Waals surface area contributed by atoms with Gasteiger partial charge in [-0.1, -0.05) is 50.6 Å².